The second-order valence-corrected chi connectivity index (χ2v) is 10.3. The number of halogens is 1. The minimum atomic E-state index is -3.76. The summed E-state index contributed by atoms with van der Waals surface area (Å²) in [4.78, 5) is 9.15. The maximum atomic E-state index is 13.2. The summed E-state index contributed by atoms with van der Waals surface area (Å²) in [6.45, 7) is 7.17. The molecule has 1 aliphatic heterocycles. The molecule has 0 aliphatic carbocycles. The van der Waals surface area contributed by atoms with E-state index in [-0.39, 0.29) is 10.4 Å². The average Bonchev–Trinajstić information content (AvgIpc) is 3.12. The van der Waals surface area contributed by atoms with Gasteiger partial charge in [-0.2, -0.15) is 0 Å². The summed E-state index contributed by atoms with van der Waals surface area (Å²) in [7, 11) is -1.74. The van der Waals surface area contributed by atoms with Crippen LogP contribution in [0.4, 0.5) is 11.4 Å². The van der Waals surface area contributed by atoms with Gasteiger partial charge in [0.2, 0.25) is 0 Å². The molecule has 1 aliphatic rings. The molecule has 0 amide bonds. The van der Waals surface area contributed by atoms with Gasteiger partial charge in [0, 0.05) is 18.0 Å². The largest absolute Gasteiger partial charge is 0.354 e. The predicted molar refractivity (Wildman–Crippen MR) is 112 cm³/mol. The molecule has 6 nitrogen and oxygen atoms in total. The second kappa shape index (κ2) is 5.97. The SMILES string of the molecule is CN1CN(C(C)(C)C)c2c1cnc1c2cc(Br)n1S(=O)(=O)c1ccccc1. The Bertz CT molecular complexity index is 1130. The zero-order valence-corrected chi connectivity index (χ0v) is 18.0. The fourth-order valence-electron chi connectivity index (χ4n) is 3.47. The highest BCUT2D eigenvalue weighted by molar-refractivity contribution is 9.10. The molecule has 27 heavy (non-hydrogen) atoms. The van der Waals surface area contributed by atoms with Crippen molar-refractivity contribution in [2.45, 2.75) is 31.2 Å². The minimum Gasteiger partial charge on any atom is -0.354 e. The summed E-state index contributed by atoms with van der Waals surface area (Å²) in [5.74, 6) is 0. The van der Waals surface area contributed by atoms with Gasteiger partial charge in [-0.15, -0.1) is 0 Å². The molecule has 8 heteroatoms. The lowest BCUT2D eigenvalue weighted by Gasteiger charge is -2.34. The number of fused-ring (bicyclic) bond motifs is 3. The Labute approximate surface area is 167 Å². The fourth-order valence-corrected chi connectivity index (χ4v) is 5.80. The Balaban J connectivity index is 2.01. The summed E-state index contributed by atoms with van der Waals surface area (Å²) in [6.07, 6.45) is 1.76. The van der Waals surface area contributed by atoms with Gasteiger partial charge in [0.15, 0.2) is 5.65 Å². The molecule has 0 unspecified atom stereocenters. The lowest BCUT2D eigenvalue weighted by molar-refractivity contribution is 0.517. The highest BCUT2D eigenvalue weighted by Gasteiger charge is 2.35. The molecule has 3 heterocycles. The van der Waals surface area contributed by atoms with E-state index in [1.165, 1.54) is 3.97 Å². The van der Waals surface area contributed by atoms with E-state index in [1.807, 2.05) is 13.1 Å². The van der Waals surface area contributed by atoms with E-state index < -0.39 is 10.0 Å². The first-order chi connectivity index (χ1) is 12.6. The fraction of sp³-hybridized carbons (Fsp3) is 0.316. The maximum Gasteiger partial charge on any atom is 0.270 e. The summed E-state index contributed by atoms with van der Waals surface area (Å²) in [6, 6.07) is 10.3. The predicted octanol–water partition coefficient (Wildman–Crippen LogP) is 4.05. The molecule has 4 rings (SSSR count). The lowest BCUT2D eigenvalue weighted by Crippen LogP contribution is -2.43. The molecule has 0 atom stereocenters. The number of rotatable bonds is 2. The van der Waals surface area contributed by atoms with Crippen LogP contribution in [-0.4, -0.2) is 36.6 Å². The Hall–Kier alpha value is -2.06. The van der Waals surface area contributed by atoms with E-state index in [4.69, 9.17) is 0 Å². The van der Waals surface area contributed by atoms with Crippen LogP contribution in [0.2, 0.25) is 0 Å². The van der Waals surface area contributed by atoms with Crippen LogP contribution >= 0.6 is 15.9 Å². The van der Waals surface area contributed by atoms with Crippen molar-refractivity contribution in [2.75, 3.05) is 23.5 Å². The van der Waals surface area contributed by atoms with Crippen molar-refractivity contribution in [2.24, 2.45) is 0 Å². The molecule has 0 spiro atoms. The van der Waals surface area contributed by atoms with Gasteiger partial charge in [-0.3, -0.25) is 0 Å². The highest BCUT2D eigenvalue weighted by atomic mass is 79.9. The Morgan fingerprint density at radius 3 is 2.44 bits per heavy atom. The molecule has 1 aromatic carbocycles. The summed E-state index contributed by atoms with van der Waals surface area (Å²) in [5.41, 5.74) is 2.33. The van der Waals surface area contributed by atoms with Crippen molar-refractivity contribution in [1.29, 1.82) is 0 Å². The number of benzene rings is 1. The molecular weight excluding hydrogens is 428 g/mol. The number of nitrogens with zero attached hydrogens (tertiary/aromatic N) is 4. The van der Waals surface area contributed by atoms with Gasteiger partial charge < -0.3 is 9.80 Å². The Kier molecular flexibility index (Phi) is 4.05. The first-order valence-electron chi connectivity index (χ1n) is 8.62. The van der Waals surface area contributed by atoms with Gasteiger partial charge in [0.05, 0.1) is 29.1 Å². The molecule has 0 saturated carbocycles. The van der Waals surface area contributed by atoms with Crippen LogP contribution in [0.15, 0.2) is 52.1 Å². The van der Waals surface area contributed by atoms with Crippen LogP contribution in [-0.2, 0) is 10.0 Å². The van der Waals surface area contributed by atoms with Crippen molar-refractivity contribution in [3.8, 4) is 0 Å². The Morgan fingerprint density at radius 1 is 1.15 bits per heavy atom. The van der Waals surface area contributed by atoms with Crippen LogP contribution in [0.25, 0.3) is 11.0 Å². The highest BCUT2D eigenvalue weighted by Crippen LogP contribution is 2.45. The van der Waals surface area contributed by atoms with Crippen LogP contribution < -0.4 is 9.80 Å². The topological polar surface area (TPSA) is 58.4 Å². The summed E-state index contributed by atoms with van der Waals surface area (Å²) < 4.78 is 28.2. The first kappa shape index (κ1) is 18.3. The molecular formula is C19H21BrN4O2S. The molecule has 2 aromatic heterocycles. The third-order valence-corrected chi connectivity index (χ3v) is 7.36. The third-order valence-electron chi connectivity index (χ3n) is 4.82. The Morgan fingerprint density at radius 2 is 1.81 bits per heavy atom. The normalized spacial score (nSPS) is 14.9. The van der Waals surface area contributed by atoms with E-state index in [1.54, 1.807) is 36.5 Å². The first-order valence-corrected chi connectivity index (χ1v) is 10.8. The number of anilines is 2. The van der Waals surface area contributed by atoms with Gasteiger partial charge in [-0.1, -0.05) is 18.2 Å². The van der Waals surface area contributed by atoms with Crippen LogP contribution in [0.5, 0.6) is 0 Å². The molecule has 142 valence electrons. The molecule has 0 N–H and O–H groups in total. The molecule has 0 fully saturated rings. The zero-order valence-electron chi connectivity index (χ0n) is 15.6. The van der Waals surface area contributed by atoms with E-state index in [9.17, 15) is 8.42 Å². The molecule has 3 aromatic rings. The monoisotopic (exact) mass is 448 g/mol. The minimum absolute atomic E-state index is 0.110. The third kappa shape index (κ3) is 2.73. The van der Waals surface area contributed by atoms with Gasteiger partial charge in [0.25, 0.3) is 10.0 Å². The van der Waals surface area contributed by atoms with Crippen molar-refractivity contribution in [3.05, 3.63) is 47.2 Å². The maximum absolute atomic E-state index is 13.2. The van der Waals surface area contributed by atoms with Gasteiger partial charge in [0.1, 0.15) is 4.60 Å². The van der Waals surface area contributed by atoms with E-state index >= 15 is 0 Å². The lowest BCUT2D eigenvalue weighted by atomic mass is 10.1. The summed E-state index contributed by atoms with van der Waals surface area (Å²) in [5, 5.41) is 0.818. The van der Waals surface area contributed by atoms with Crippen molar-refractivity contribution in [3.63, 3.8) is 0 Å². The second-order valence-electron chi connectivity index (χ2n) is 7.72. The van der Waals surface area contributed by atoms with Crippen LogP contribution in [0.1, 0.15) is 20.8 Å². The van der Waals surface area contributed by atoms with E-state index in [0.717, 1.165) is 23.4 Å². The van der Waals surface area contributed by atoms with E-state index in [2.05, 4.69) is 51.5 Å². The quantitative estimate of drug-likeness (QED) is 0.591. The number of aromatic nitrogens is 2. The van der Waals surface area contributed by atoms with Crippen molar-refractivity contribution >= 4 is 48.4 Å². The molecule has 0 radical (unpaired) electrons. The van der Waals surface area contributed by atoms with Crippen molar-refractivity contribution < 1.29 is 8.42 Å². The molecule has 0 bridgehead atoms. The number of hydrogen-bond acceptors (Lipinski definition) is 5. The average molecular weight is 449 g/mol. The van der Waals surface area contributed by atoms with Gasteiger partial charge in [-0.25, -0.2) is 17.4 Å². The standard InChI is InChI=1S/C19H21BrN4O2S/c1-19(2,3)23-12-22(4)15-11-21-18-14(17(15)23)10-16(20)24(18)27(25,26)13-8-6-5-7-9-13/h5-11H,12H2,1-4H3. The van der Waals surface area contributed by atoms with Crippen molar-refractivity contribution in [1.82, 2.24) is 8.96 Å². The molecule has 0 saturated heterocycles. The zero-order chi connectivity index (χ0) is 19.6. The van der Waals surface area contributed by atoms with Gasteiger partial charge in [-0.05, 0) is 54.9 Å². The smallest absolute Gasteiger partial charge is 0.270 e. The number of hydrogen-bond donors (Lipinski definition) is 0. The van der Waals surface area contributed by atoms with Crippen LogP contribution in [0.3, 0.4) is 0 Å². The van der Waals surface area contributed by atoms with Gasteiger partial charge >= 0.3 is 0 Å². The number of pyridine rings is 1. The van der Waals surface area contributed by atoms with Crippen LogP contribution in [0, 0.1) is 0 Å². The summed E-state index contributed by atoms with van der Waals surface area (Å²) >= 11 is 3.45. The van der Waals surface area contributed by atoms with E-state index in [0.29, 0.717) is 10.3 Å².